The van der Waals surface area contributed by atoms with Crippen LogP contribution in [0.25, 0.3) is 0 Å². The van der Waals surface area contributed by atoms with Crippen LogP contribution in [-0.2, 0) is 0 Å². The maximum atomic E-state index is 12.4. The van der Waals surface area contributed by atoms with Gasteiger partial charge in [0.15, 0.2) is 0 Å². The minimum atomic E-state index is -0.00275. The molecule has 2 aromatic rings. The largest absolute Gasteiger partial charge is 0.362 e. The Balaban J connectivity index is 1.54. The van der Waals surface area contributed by atoms with Gasteiger partial charge in [0.2, 0.25) is 5.95 Å². The van der Waals surface area contributed by atoms with Crippen LogP contribution in [-0.4, -0.2) is 42.1 Å². The fourth-order valence-corrected chi connectivity index (χ4v) is 3.81. The predicted molar refractivity (Wildman–Crippen MR) is 117 cm³/mol. The summed E-state index contributed by atoms with van der Waals surface area (Å²) in [5.41, 5.74) is 2.80. The second-order valence-electron chi connectivity index (χ2n) is 7.65. The summed E-state index contributed by atoms with van der Waals surface area (Å²) >= 11 is 3.40. The number of hydrogen-bond acceptors (Lipinski definition) is 5. The van der Waals surface area contributed by atoms with E-state index < -0.39 is 0 Å². The van der Waals surface area contributed by atoms with Crippen LogP contribution < -0.4 is 15.5 Å². The first kappa shape index (κ1) is 20.6. The number of hydrogen-bond donors (Lipinski definition) is 2. The summed E-state index contributed by atoms with van der Waals surface area (Å²) in [6, 6.07) is 8.01. The number of carbonyl (C=O) groups excluding carboxylic acids is 1. The standard InChI is InChI=1S/C21H28BrN5O/c1-13-14(2)23-21(26-19(13)27(3)4)25-18-11-9-17(10-12-18)24-20(28)15-5-7-16(22)8-6-15/h5-8,17-18H,9-12H2,1-4H3,(H,24,28)(H,23,25,26)/t17-,18+. The highest BCUT2D eigenvalue weighted by molar-refractivity contribution is 9.10. The van der Waals surface area contributed by atoms with Gasteiger partial charge in [0.25, 0.3) is 5.91 Å². The molecule has 0 spiro atoms. The molecule has 0 radical (unpaired) electrons. The number of aryl methyl sites for hydroxylation is 1. The average molecular weight is 446 g/mol. The van der Waals surface area contributed by atoms with Crippen molar-refractivity contribution in [3.05, 3.63) is 45.6 Å². The van der Waals surface area contributed by atoms with Gasteiger partial charge in [-0.2, -0.15) is 4.98 Å². The molecule has 1 aromatic carbocycles. The Hall–Kier alpha value is -2.15. The number of nitrogens with one attached hydrogen (secondary N) is 2. The molecule has 1 saturated carbocycles. The first-order valence-electron chi connectivity index (χ1n) is 9.69. The molecule has 1 aliphatic rings. The lowest BCUT2D eigenvalue weighted by atomic mass is 9.91. The molecule has 0 bridgehead atoms. The van der Waals surface area contributed by atoms with E-state index in [0.29, 0.717) is 17.6 Å². The average Bonchev–Trinajstić information content (AvgIpc) is 2.66. The Kier molecular flexibility index (Phi) is 6.54. The lowest BCUT2D eigenvalue weighted by Gasteiger charge is -2.30. The molecule has 2 N–H and O–H groups in total. The molecule has 1 aliphatic carbocycles. The highest BCUT2D eigenvalue weighted by atomic mass is 79.9. The van der Waals surface area contributed by atoms with E-state index in [2.05, 4.69) is 36.5 Å². The van der Waals surface area contributed by atoms with Crippen molar-refractivity contribution in [1.29, 1.82) is 0 Å². The van der Waals surface area contributed by atoms with E-state index in [1.807, 2.05) is 57.1 Å². The third-order valence-corrected chi connectivity index (χ3v) is 5.82. The molecule has 0 aliphatic heterocycles. The molecule has 6 nitrogen and oxygen atoms in total. The molecule has 1 aromatic heterocycles. The molecule has 7 heteroatoms. The van der Waals surface area contributed by atoms with Crippen molar-refractivity contribution in [3.8, 4) is 0 Å². The lowest BCUT2D eigenvalue weighted by molar-refractivity contribution is 0.0926. The van der Waals surface area contributed by atoms with Gasteiger partial charge in [-0.1, -0.05) is 15.9 Å². The van der Waals surface area contributed by atoms with Crippen molar-refractivity contribution in [3.63, 3.8) is 0 Å². The maximum absolute atomic E-state index is 12.4. The Morgan fingerprint density at radius 1 is 1.04 bits per heavy atom. The minimum absolute atomic E-state index is 0.00275. The van der Waals surface area contributed by atoms with Gasteiger partial charge in [-0.3, -0.25) is 4.79 Å². The molecule has 0 atom stereocenters. The number of halogens is 1. The van der Waals surface area contributed by atoms with Gasteiger partial charge < -0.3 is 15.5 Å². The summed E-state index contributed by atoms with van der Waals surface area (Å²) in [7, 11) is 4.00. The topological polar surface area (TPSA) is 70.1 Å². The van der Waals surface area contributed by atoms with E-state index in [4.69, 9.17) is 0 Å². The fourth-order valence-electron chi connectivity index (χ4n) is 3.55. The summed E-state index contributed by atoms with van der Waals surface area (Å²) in [6.07, 6.45) is 3.87. The van der Waals surface area contributed by atoms with E-state index in [1.165, 1.54) is 0 Å². The molecule has 1 heterocycles. The summed E-state index contributed by atoms with van der Waals surface area (Å²) in [5, 5.41) is 6.65. The Labute approximate surface area is 175 Å². The third-order valence-electron chi connectivity index (χ3n) is 5.29. The monoisotopic (exact) mass is 445 g/mol. The van der Waals surface area contributed by atoms with Crippen LogP contribution in [0.5, 0.6) is 0 Å². The molecular weight excluding hydrogens is 418 g/mol. The summed E-state index contributed by atoms with van der Waals surface area (Å²) < 4.78 is 0.974. The van der Waals surface area contributed by atoms with Gasteiger partial charge in [-0.25, -0.2) is 4.98 Å². The SMILES string of the molecule is Cc1nc(N[C@H]2CC[C@@H](NC(=O)c3ccc(Br)cc3)CC2)nc(N(C)C)c1C. The van der Waals surface area contributed by atoms with Crippen LogP contribution in [0.4, 0.5) is 11.8 Å². The Bertz CT molecular complexity index is 829. The molecular formula is C21H28BrN5O. The quantitative estimate of drug-likeness (QED) is 0.725. The first-order chi connectivity index (χ1) is 13.3. The highest BCUT2D eigenvalue weighted by Crippen LogP contribution is 2.24. The van der Waals surface area contributed by atoms with Crippen molar-refractivity contribution in [2.24, 2.45) is 0 Å². The van der Waals surface area contributed by atoms with E-state index in [0.717, 1.165) is 47.2 Å². The lowest BCUT2D eigenvalue weighted by Crippen LogP contribution is -2.40. The maximum Gasteiger partial charge on any atom is 0.251 e. The number of amides is 1. The van der Waals surface area contributed by atoms with Gasteiger partial charge in [-0.05, 0) is 63.8 Å². The van der Waals surface area contributed by atoms with Crippen LogP contribution in [0.1, 0.15) is 47.3 Å². The Morgan fingerprint density at radius 3 is 2.25 bits per heavy atom. The molecule has 28 heavy (non-hydrogen) atoms. The number of nitrogens with zero attached hydrogens (tertiary/aromatic N) is 3. The van der Waals surface area contributed by atoms with Crippen LogP contribution in [0, 0.1) is 13.8 Å². The molecule has 3 rings (SSSR count). The summed E-state index contributed by atoms with van der Waals surface area (Å²) in [6.45, 7) is 4.07. The number of benzene rings is 1. The molecule has 150 valence electrons. The normalized spacial score (nSPS) is 19.2. The third kappa shape index (κ3) is 5.01. The number of anilines is 2. The fraction of sp³-hybridized carbons (Fsp3) is 0.476. The Morgan fingerprint density at radius 2 is 1.64 bits per heavy atom. The second kappa shape index (κ2) is 8.90. The van der Waals surface area contributed by atoms with Crippen LogP contribution in [0.15, 0.2) is 28.7 Å². The van der Waals surface area contributed by atoms with E-state index in [1.54, 1.807) is 0 Å². The molecule has 1 amide bonds. The smallest absolute Gasteiger partial charge is 0.251 e. The molecule has 0 unspecified atom stereocenters. The van der Waals surface area contributed by atoms with Crippen molar-refractivity contribution >= 4 is 33.6 Å². The van der Waals surface area contributed by atoms with Gasteiger partial charge >= 0.3 is 0 Å². The number of carbonyl (C=O) groups is 1. The van der Waals surface area contributed by atoms with Crippen molar-refractivity contribution in [1.82, 2.24) is 15.3 Å². The van der Waals surface area contributed by atoms with Crippen molar-refractivity contribution < 1.29 is 4.79 Å². The van der Waals surface area contributed by atoms with E-state index in [9.17, 15) is 4.79 Å². The first-order valence-corrected chi connectivity index (χ1v) is 10.5. The van der Waals surface area contributed by atoms with E-state index >= 15 is 0 Å². The van der Waals surface area contributed by atoms with Gasteiger partial charge in [0.1, 0.15) is 5.82 Å². The highest BCUT2D eigenvalue weighted by Gasteiger charge is 2.23. The van der Waals surface area contributed by atoms with Crippen LogP contribution in [0.3, 0.4) is 0 Å². The van der Waals surface area contributed by atoms with Gasteiger partial charge in [0.05, 0.1) is 0 Å². The van der Waals surface area contributed by atoms with Crippen molar-refractivity contribution in [2.45, 2.75) is 51.6 Å². The molecule has 0 saturated heterocycles. The summed E-state index contributed by atoms with van der Waals surface area (Å²) in [5.74, 6) is 1.64. The zero-order valence-electron chi connectivity index (χ0n) is 16.9. The second-order valence-corrected chi connectivity index (χ2v) is 8.56. The van der Waals surface area contributed by atoms with Crippen LogP contribution >= 0.6 is 15.9 Å². The van der Waals surface area contributed by atoms with Gasteiger partial charge in [-0.15, -0.1) is 0 Å². The minimum Gasteiger partial charge on any atom is -0.362 e. The predicted octanol–water partition coefficient (Wildman–Crippen LogP) is 4.08. The van der Waals surface area contributed by atoms with E-state index in [-0.39, 0.29) is 11.9 Å². The number of rotatable bonds is 5. The zero-order valence-corrected chi connectivity index (χ0v) is 18.5. The zero-order chi connectivity index (χ0) is 20.3. The summed E-state index contributed by atoms with van der Waals surface area (Å²) in [4.78, 5) is 23.7. The number of aromatic nitrogens is 2. The van der Waals surface area contributed by atoms with Gasteiger partial charge in [0, 0.05) is 47.5 Å². The van der Waals surface area contributed by atoms with Crippen LogP contribution in [0.2, 0.25) is 0 Å². The molecule has 1 fully saturated rings. The van der Waals surface area contributed by atoms with Crippen molar-refractivity contribution in [2.75, 3.05) is 24.3 Å².